The minimum atomic E-state index is -3.85. The molecule has 1 fully saturated rings. The molecule has 0 unspecified atom stereocenters. The number of nitrogens with zero attached hydrogens (tertiary/aromatic N) is 2. The molecule has 7 nitrogen and oxygen atoms in total. The van der Waals surface area contributed by atoms with Crippen LogP contribution in [0.1, 0.15) is 49.3 Å². The average molecular weight is 631 g/mol. The third kappa shape index (κ3) is 8.27. The number of rotatable bonds is 12. The Kier molecular flexibility index (Phi) is 10.9. The number of aryl methyl sites for hydroxylation is 1. The Morgan fingerprint density at radius 3 is 2.10 bits per heavy atom. The topological polar surface area (TPSA) is 86.8 Å². The number of hydrogen-bond acceptors (Lipinski definition) is 4. The lowest BCUT2D eigenvalue weighted by atomic mass is 10.0. The molecule has 42 heavy (non-hydrogen) atoms. The number of anilines is 1. The third-order valence-electron chi connectivity index (χ3n) is 7.67. The Hall–Kier alpha value is -3.07. The lowest BCUT2D eigenvalue weighted by molar-refractivity contribution is -0.140. The van der Waals surface area contributed by atoms with E-state index in [1.54, 1.807) is 30.3 Å². The van der Waals surface area contributed by atoms with Gasteiger partial charge in [-0.2, -0.15) is 0 Å². The van der Waals surface area contributed by atoms with E-state index in [1.165, 1.54) is 4.90 Å². The van der Waals surface area contributed by atoms with Gasteiger partial charge >= 0.3 is 0 Å². The van der Waals surface area contributed by atoms with Gasteiger partial charge in [0.25, 0.3) is 0 Å². The van der Waals surface area contributed by atoms with Crippen molar-refractivity contribution >= 4 is 50.7 Å². The SMILES string of the molecule is CCc1ccc(N(CC(=O)N(Cc2c(Cl)cccc2Cl)[C@@H](Cc2ccccc2)C(=O)NC2CCCC2)S(C)(=O)=O)cc1. The zero-order chi connectivity index (χ0) is 30.3. The molecule has 224 valence electrons. The smallest absolute Gasteiger partial charge is 0.244 e. The number of carbonyl (C=O) groups excluding carboxylic acids is 2. The van der Waals surface area contributed by atoms with Crippen molar-refractivity contribution in [2.75, 3.05) is 17.1 Å². The molecule has 0 spiro atoms. The summed E-state index contributed by atoms with van der Waals surface area (Å²) in [6.45, 7) is 1.45. The van der Waals surface area contributed by atoms with Gasteiger partial charge in [0.05, 0.1) is 11.9 Å². The summed E-state index contributed by atoms with van der Waals surface area (Å²) in [6.07, 6.45) is 5.92. The van der Waals surface area contributed by atoms with Crippen LogP contribution in [0.5, 0.6) is 0 Å². The monoisotopic (exact) mass is 629 g/mol. The second-order valence-electron chi connectivity index (χ2n) is 10.7. The van der Waals surface area contributed by atoms with Crippen molar-refractivity contribution < 1.29 is 18.0 Å². The van der Waals surface area contributed by atoms with Crippen molar-refractivity contribution in [2.24, 2.45) is 0 Å². The van der Waals surface area contributed by atoms with E-state index in [-0.39, 0.29) is 24.9 Å². The minimum absolute atomic E-state index is 0.0289. The number of benzene rings is 3. The van der Waals surface area contributed by atoms with Crippen molar-refractivity contribution in [2.45, 2.75) is 64.1 Å². The highest BCUT2D eigenvalue weighted by molar-refractivity contribution is 7.92. The predicted octanol–water partition coefficient (Wildman–Crippen LogP) is 6.02. The zero-order valence-electron chi connectivity index (χ0n) is 23.9. The maximum absolute atomic E-state index is 14.3. The molecule has 0 aliphatic heterocycles. The lowest BCUT2D eigenvalue weighted by Crippen LogP contribution is -2.54. The van der Waals surface area contributed by atoms with Gasteiger partial charge in [0.2, 0.25) is 21.8 Å². The van der Waals surface area contributed by atoms with Crippen LogP contribution in [0.4, 0.5) is 5.69 Å². The molecule has 3 aromatic carbocycles. The molecule has 1 saturated carbocycles. The standard InChI is InChI=1S/C32H37Cl2N3O4S/c1-3-23-16-18-26(19-17-23)37(42(2,40)41)22-31(38)36(21-27-28(33)14-9-15-29(27)34)30(20-24-10-5-4-6-11-24)32(39)35-25-12-7-8-13-25/h4-6,9-11,14-19,25,30H,3,7-8,12-13,20-22H2,1-2H3,(H,35,39)/t30-/m0/s1. The third-order valence-corrected chi connectivity index (χ3v) is 9.52. The number of halogens is 2. The van der Waals surface area contributed by atoms with Crippen molar-refractivity contribution in [1.29, 1.82) is 0 Å². The fourth-order valence-corrected chi connectivity index (χ4v) is 6.65. The van der Waals surface area contributed by atoms with Gasteiger partial charge in [-0.3, -0.25) is 13.9 Å². The van der Waals surface area contributed by atoms with Crippen molar-refractivity contribution in [3.8, 4) is 0 Å². The largest absolute Gasteiger partial charge is 0.352 e. The molecule has 10 heteroatoms. The summed E-state index contributed by atoms with van der Waals surface area (Å²) in [4.78, 5) is 29.6. The summed E-state index contributed by atoms with van der Waals surface area (Å²) in [6, 6.07) is 20.7. The first-order valence-corrected chi connectivity index (χ1v) is 16.8. The molecule has 0 bridgehead atoms. The summed E-state index contributed by atoms with van der Waals surface area (Å²) in [5.74, 6) is -0.834. The number of amides is 2. The van der Waals surface area contributed by atoms with Crippen molar-refractivity contribution in [3.05, 3.63) is 99.5 Å². The van der Waals surface area contributed by atoms with Crippen LogP contribution in [0.15, 0.2) is 72.8 Å². The molecule has 0 radical (unpaired) electrons. The molecule has 1 N–H and O–H groups in total. The minimum Gasteiger partial charge on any atom is -0.352 e. The van der Waals surface area contributed by atoms with Crippen LogP contribution in [0.25, 0.3) is 0 Å². The van der Waals surface area contributed by atoms with Gasteiger partial charge in [-0.25, -0.2) is 8.42 Å². The Morgan fingerprint density at radius 2 is 1.52 bits per heavy atom. The molecule has 0 saturated heterocycles. The van der Waals surface area contributed by atoms with E-state index in [4.69, 9.17) is 23.2 Å². The molecule has 2 amide bonds. The number of sulfonamides is 1. The summed E-state index contributed by atoms with van der Waals surface area (Å²) >= 11 is 13.1. The van der Waals surface area contributed by atoms with Gasteiger partial charge in [-0.05, 0) is 54.7 Å². The van der Waals surface area contributed by atoms with E-state index in [9.17, 15) is 18.0 Å². The van der Waals surface area contributed by atoms with E-state index in [2.05, 4.69) is 5.32 Å². The van der Waals surface area contributed by atoms with Crippen LogP contribution < -0.4 is 9.62 Å². The molecule has 3 aromatic rings. The molecule has 1 aliphatic carbocycles. The van der Waals surface area contributed by atoms with Crippen molar-refractivity contribution in [3.63, 3.8) is 0 Å². The Morgan fingerprint density at radius 1 is 0.905 bits per heavy atom. The van der Waals surface area contributed by atoms with Crippen LogP contribution >= 0.6 is 23.2 Å². The first-order valence-electron chi connectivity index (χ1n) is 14.2. The normalized spacial score (nSPS) is 14.4. The van der Waals surface area contributed by atoms with E-state index in [0.29, 0.717) is 21.3 Å². The average Bonchev–Trinajstić information content (AvgIpc) is 3.48. The predicted molar refractivity (Wildman–Crippen MR) is 169 cm³/mol. The molecular formula is C32H37Cl2N3O4S. The molecule has 4 rings (SSSR count). The second kappa shape index (κ2) is 14.4. The second-order valence-corrected chi connectivity index (χ2v) is 13.4. The van der Waals surface area contributed by atoms with Crippen molar-refractivity contribution in [1.82, 2.24) is 10.2 Å². The van der Waals surface area contributed by atoms with E-state index in [1.807, 2.05) is 49.4 Å². The van der Waals surface area contributed by atoms with Crippen LogP contribution in [0.2, 0.25) is 10.0 Å². The summed E-state index contributed by atoms with van der Waals surface area (Å²) < 4.78 is 27.0. The van der Waals surface area contributed by atoms with Gasteiger partial charge in [0.15, 0.2) is 0 Å². The highest BCUT2D eigenvalue weighted by atomic mass is 35.5. The highest BCUT2D eigenvalue weighted by Gasteiger charge is 2.35. The van der Waals surface area contributed by atoms with Crippen LogP contribution in [0.3, 0.4) is 0 Å². The Labute approximate surface area is 258 Å². The van der Waals surface area contributed by atoms with Crippen LogP contribution in [0, 0.1) is 0 Å². The van der Waals surface area contributed by atoms with Gasteiger partial charge in [0, 0.05) is 34.6 Å². The first kappa shape index (κ1) is 31.9. The van der Waals surface area contributed by atoms with Gasteiger partial charge in [-0.1, -0.05) is 91.5 Å². The van der Waals surface area contributed by atoms with E-state index in [0.717, 1.165) is 53.8 Å². The highest BCUT2D eigenvalue weighted by Crippen LogP contribution is 2.28. The summed E-state index contributed by atoms with van der Waals surface area (Å²) in [5.41, 5.74) is 2.76. The van der Waals surface area contributed by atoms with Crippen LogP contribution in [-0.4, -0.2) is 50.0 Å². The number of carbonyl (C=O) groups is 2. The quantitative estimate of drug-likeness (QED) is 0.265. The summed E-state index contributed by atoms with van der Waals surface area (Å²) in [7, 11) is -3.85. The van der Waals surface area contributed by atoms with Gasteiger partial charge < -0.3 is 10.2 Å². The molecule has 0 aromatic heterocycles. The maximum atomic E-state index is 14.3. The van der Waals surface area contributed by atoms with Gasteiger partial charge in [0.1, 0.15) is 12.6 Å². The lowest BCUT2D eigenvalue weighted by Gasteiger charge is -2.34. The van der Waals surface area contributed by atoms with E-state index >= 15 is 0 Å². The van der Waals surface area contributed by atoms with Gasteiger partial charge in [-0.15, -0.1) is 0 Å². The maximum Gasteiger partial charge on any atom is 0.244 e. The fraction of sp³-hybridized carbons (Fsp3) is 0.375. The fourth-order valence-electron chi connectivity index (χ4n) is 5.29. The molecular weight excluding hydrogens is 593 g/mol. The first-order chi connectivity index (χ1) is 20.1. The van der Waals surface area contributed by atoms with Crippen LogP contribution in [-0.2, 0) is 39.0 Å². The number of nitrogens with one attached hydrogen (secondary N) is 1. The van der Waals surface area contributed by atoms with E-state index < -0.39 is 28.5 Å². The zero-order valence-corrected chi connectivity index (χ0v) is 26.3. The Bertz CT molecular complexity index is 1460. The molecule has 1 atom stereocenters. The Balaban J connectivity index is 1.75. The number of hydrogen-bond donors (Lipinski definition) is 1. The molecule has 0 heterocycles. The molecule has 1 aliphatic rings. The summed E-state index contributed by atoms with van der Waals surface area (Å²) in [5, 5.41) is 3.85.